The molecule has 0 bridgehead atoms. The van der Waals surface area contributed by atoms with Gasteiger partial charge in [0.1, 0.15) is 11.8 Å². The van der Waals surface area contributed by atoms with Crippen LogP contribution in [0.15, 0.2) is 48.5 Å². The maximum atomic E-state index is 13.5. The van der Waals surface area contributed by atoms with Gasteiger partial charge in [-0.15, -0.1) is 0 Å². The van der Waals surface area contributed by atoms with Crippen LogP contribution in [0.3, 0.4) is 0 Å². The number of amides is 3. The number of thiocarbonyl (C=S) groups is 1. The van der Waals surface area contributed by atoms with Gasteiger partial charge in [0.05, 0.1) is 30.9 Å². The largest absolute Gasteiger partial charge is 0.494 e. The van der Waals surface area contributed by atoms with Gasteiger partial charge in [-0.3, -0.25) is 19.3 Å². The smallest absolute Gasteiger partial charge is 0.338 e. The molecule has 3 amide bonds. The Morgan fingerprint density at radius 3 is 2.32 bits per heavy atom. The minimum atomic E-state index is -0.867. The number of esters is 1. The summed E-state index contributed by atoms with van der Waals surface area (Å²) in [6.07, 6.45) is 0.741. The summed E-state index contributed by atoms with van der Waals surface area (Å²) in [6, 6.07) is 12.4. The van der Waals surface area contributed by atoms with Crippen molar-refractivity contribution < 1.29 is 28.7 Å². The molecule has 1 saturated heterocycles. The molecule has 2 aromatic rings. The number of nitrogens with zero attached hydrogens (tertiary/aromatic N) is 2. The lowest BCUT2D eigenvalue weighted by molar-refractivity contribution is -0.124. The van der Waals surface area contributed by atoms with E-state index < -0.39 is 12.0 Å². The van der Waals surface area contributed by atoms with Gasteiger partial charge in [0.2, 0.25) is 11.8 Å². The van der Waals surface area contributed by atoms with Crippen molar-refractivity contribution in [1.82, 2.24) is 10.2 Å². The van der Waals surface area contributed by atoms with E-state index in [1.165, 1.54) is 11.8 Å². The van der Waals surface area contributed by atoms with Gasteiger partial charge in [0.25, 0.3) is 5.91 Å². The summed E-state index contributed by atoms with van der Waals surface area (Å²) < 4.78 is 10.6. The molecule has 11 heteroatoms. The SMILES string of the molecule is CCCOc1ccc(NC(=O)C[C@H]2C(=O)N(c3ccc(C(=O)OCC)cc3)C(=S)N2CCNC(C)=O)cc1. The molecule has 2 aromatic carbocycles. The average molecular weight is 541 g/mol. The molecule has 1 fully saturated rings. The van der Waals surface area contributed by atoms with Crippen LogP contribution in [0.1, 0.15) is 44.0 Å². The Morgan fingerprint density at radius 2 is 1.71 bits per heavy atom. The molecule has 1 atom stereocenters. The van der Waals surface area contributed by atoms with E-state index in [1.807, 2.05) is 6.92 Å². The van der Waals surface area contributed by atoms with E-state index >= 15 is 0 Å². The second kappa shape index (κ2) is 13.5. The fourth-order valence-electron chi connectivity index (χ4n) is 3.88. The van der Waals surface area contributed by atoms with Gasteiger partial charge < -0.3 is 25.0 Å². The van der Waals surface area contributed by atoms with E-state index in [1.54, 1.807) is 60.4 Å². The second-order valence-corrected chi connectivity index (χ2v) is 8.91. The van der Waals surface area contributed by atoms with E-state index in [2.05, 4.69) is 10.6 Å². The first-order valence-electron chi connectivity index (χ1n) is 12.4. The Labute approximate surface area is 227 Å². The van der Waals surface area contributed by atoms with Crippen LogP contribution in [-0.4, -0.2) is 66.0 Å². The summed E-state index contributed by atoms with van der Waals surface area (Å²) in [5.74, 6) is -0.716. The molecule has 0 radical (unpaired) electrons. The normalized spacial score (nSPS) is 14.9. The Hall–Kier alpha value is -3.99. The first-order chi connectivity index (χ1) is 18.2. The van der Waals surface area contributed by atoms with E-state index in [0.29, 0.717) is 29.3 Å². The number of anilines is 2. The molecular formula is C27H32N4O6S. The summed E-state index contributed by atoms with van der Waals surface area (Å²) in [4.78, 5) is 52.8. The van der Waals surface area contributed by atoms with Crippen LogP contribution >= 0.6 is 12.2 Å². The zero-order valence-electron chi connectivity index (χ0n) is 21.7. The number of hydrogen-bond donors (Lipinski definition) is 2. The van der Waals surface area contributed by atoms with Crippen LogP contribution in [0, 0.1) is 0 Å². The molecule has 0 saturated carbocycles. The third-order valence-electron chi connectivity index (χ3n) is 5.67. The van der Waals surface area contributed by atoms with Crippen molar-refractivity contribution in [3.63, 3.8) is 0 Å². The predicted molar refractivity (Wildman–Crippen MR) is 147 cm³/mol. The maximum absolute atomic E-state index is 13.5. The first-order valence-corrected chi connectivity index (χ1v) is 12.8. The Kier molecular flexibility index (Phi) is 10.2. The summed E-state index contributed by atoms with van der Waals surface area (Å²) in [6.45, 7) is 6.47. The molecule has 0 aromatic heterocycles. The highest BCUT2D eigenvalue weighted by Gasteiger charge is 2.44. The number of carbonyl (C=O) groups excluding carboxylic acids is 4. The van der Waals surface area contributed by atoms with Crippen molar-refractivity contribution in [2.24, 2.45) is 0 Å². The summed E-state index contributed by atoms with van der Waals surface area (Å²) in [7, 11) is 0. The van der Waals surface area contributed by atoms with Gasteiger partial charge in [-0.1, -0.05) is 6.92 Å². The van der Waals surface area contributed by atoms with Crippen molar-refractivity contribution in [1.29, 1.82) is 0 Å². The van der Waals surface area contributed by atoms with Crippen LogP contribution in [0.2, 0.25) is 0 Å². The van der Waals surface area contributed by atoms with Crippen molar-refractivity contribution in [2.45, 2.75) is 39.7 Å². The number of hydrogen-bond acceptors (Lipinski definition) is 7. The van der Waals surface area contributed by atoms with Crippen LogP contribution in [0.25, 0.3) is 0 Å². The molecule has 1 aliphatic heterocycles. The van der Waals surface area contributed by atoms with Crippen LogP contribution in [-0.2, 0) is 19.1 Å². The number of carbonyl (C=O) groups is 4. The highest BCUT2D eigenvalue weighted by Crippen LogP contribution is 2.28. The molecule has 2 N–H and O–H groups in total. The second-order valence-electron chi connectivity index (χ2n) is 8.54. The van der Waals surface area contributed by atoms with E-state index in [-0.39, 0.29) is 49.0 Å². The molecule has 1 heterocycles. The standard InChI is InChI=1S/C27H32N4O6S/c1-4-16-37-22-12-8-20(9-13-22)29-24(33)17-23-25(34)31(27(38)30(23)15-14-28-18(3)32)21-10-6-19(7-11-21)26(35)36-5-2/h6-13,23H,4-5,14-17H2,1-3H3,(H,28,32)(H,29,33)/t23-/m0/s1. The van der Waals surface area contributed by atoms with Crippen molar-refractivity contribution >= 4 is 52.4 Å². The minimum Gasteiger partial charge on any atom is -0.494 e. The van der Waals surface area contributed by atoms with Crippen LogP contribution in [0.4, 0.5) is 11.4 Å². The number of rotatable bonds is 12. The van der Waals surface area contributed by atoms with Gasteiger partial charge in [-0.05, 0) is 74.1 Å². The highest BCUT2D eigenvalue weighted by atomic mass is 32.1. The minimum absolute atomic E-state index is 0.148. The number of ether oxygens (including phenoxy) is 2. The molecule has 3 rings (SSSR count). The van der Waals surface area contributed by atoms with Crippen molar-refractivity contribution in [3.8, 4) is 5.75 Å². The van der Waals surface area contributed by atoms with Gasteiger partial charge in [-0.2, -0.15) is 0 Å². The first kappa shape index (κ1) is 28.6. The summed E-state index contributed by atoms with van der Waals surface area (Å²) >= 11 is 5.62. The van der Waals surface area contributed by atoms with E-state index in [9.17, 15) is 19.2 Å². The summed E-state index contributed by atoms with van der Waals surface area (Å²) in [5, 5.41) is 5.71. The topological polar surface area (TPSA) is 117 Å². The molecule has 0 spiro atoms. The molecule has 10 nitrogen and oxygen atoms in total. The zero-order chi connectivity index (χ0) is 27.7. The number of nitrogens with one attached hydrogen (secondary N) is 2. The van der Waals surface area contributed by atoms with Crippen molar-refractivity contribution in [3.05, 3.63) is 54.1 Å². The lowest BCUT2D eigenvalue weighted by Gasteiger charge is -2.24. The molecule has 38 heavy (non-hydrogen) atoms. The van der Waals surface area contributed by atoms with Gasteiger partial charge in [0.15, 0.2) is 5.11 Å². The predicted octanol–water partition coefficient (Wildman–Crippen LogP) is 3.12. The Morgan fingerprint density at radius 1 is 1.03 bits per heavy atom. The maximum Gasteiger partial charge on any atom is 0.338 e. The Bertz CT molecular complexity index is 1170. The highest BCUT2D eigenvalue weighted by molar-refractivity contribution is 7.80. The molecule has 0 unspecified atom stereocenters. The fraction of sp³-hybridized carbons (Fsp3) is 0.370. The van der Waals surface area contributed by atoms with Crippen molar-refractivity contribution in [2.75, 3.05) is 36.5 Å². The molecule has 0 aliphatic carbocycles. The molecule has 1 aliphatic rings. The molecule has 202 valence electrons. The quantitative estimate of drug-likeness (QED) is 0.312. The third-order valence-corrected chi connectivity index (χ3v) is 6.09. The summed E-state index contributed by atoms with van der Waals surface area (Å²) in [5.41, 5.74) is 1.38. The zero-order valence-corrected chi connectivity index (χ0v) is 22.5. The average Bonchev–Trinajstić information content (AvgIpc) is 3.12. The number of benzene rings is 2. The van der Waals surface area contributed by atoms with Gasteiger partial charge in [-0.25, -0.2) is 4.79 Å². The van der Waals surface area contributed by atoms with Gasteiger partial charge >= 0.3 is 5.97 Å². The third kappa shape index (κ3) is 7.28. The fourth-order valence-corrected chi connectivity index (χ4v) is 4.29. The monoisotopic (exact) mass is 540 g/mol. The lowest BCUT2D eigenvalue weighted by Crippen LogP contribution is -2.42. The van der Waals surface area contributed by atoms with E-state index in [0.717, 1.165) is 6.42 Å². The Balaban J connectivity index is 1.75. The molecular weight excluding hydrogens is 508 g/mol. The van der Waals surface area contributed by atoms with Crippen LogP contribution < -0.4 is 20.3 Å². The van der Waals surface area contributed by atoms with Crippen LogP contribution in [0.5, 0.6) is 5.75 Å². The lowest BCUT2D eigenvalue weighted by atomic mass is 10.1. The van der Waals surface area contributed by atoms with E-state index in [4.69, 9.17) is 21.7 Å². The van der Waals surface area contributed by atoms with Gasteiger partial charge in [0, 0.05) is 25.7 Å².